The number of hydrogen-bond acceptors (Lipinski definition) is 4. The van der Waals surface area contributed by atoms with Crippen LogP contribution in [-0.4, -0.2) is 18.1 Å². The summed E-state index contributed by atoms with van der Waals surface area (Å²) < 4.78 is 4.67. The van der Waals surface area contributed by atoms with E-state index in [4.69, 9.17) is 0 Å². The molecule has 0 aliphatic rings. The van der Waals surface area contributed by atoms with Crippen molar-refractivity contribution in [2.75, 3.05) is 12.4 Å². The molecule has 1 aromatic carbocycles. The number of rotatable bonds is 3. The van der Waals surface area contributed by atoms with Gasteiger partial charge in [0.15, 0.2) is 0 Å². The summed E-state index contributed by atoms with van der Waals surface area (Å²) in [4.78, 5) is 15.6. The molecule has 1 N–H and O–H groups in total. The Bertz CT molecular complexity index is 550. The van der Waals surface area contributed by atoms with Crippen molar-refractivity contribution in [2.24, 2.45) is 0 Å². The number of hydrogen-bond donors (Lipinski definition) is 1. The lowest BCUT2D eigenvalue weighted by atomic mass is 10.2. The number of carbonyl (C=O) groups excluding carboxylic acids is 1. The number of anilines is 2. The van der Waals surface area contributed by atoms with Crippen LogP contribution in [0.25, 0.3) is 0 Å². The summed E-state index contributed by atoms with van der Waals surface area (Å²) in [6.07, 6.45) is 1.78. The fourth-order valence-electron chi connectivity index (χ4n) is 1.53. The Kier molecular flexibility index (Phi) is 3.57. The van der Waals surface area contributed by atoms with Crippen LogP contribution in [0, 0.1) is 6.92 Å². The first-order valence-corrected chi connectivity index (χ1v) is 5.57. The normalized spacial score (nSPS) is 9.89. The molecule has 0 saturated carbocycles. The van der Waals surface area contributed by atoms with Crippen molar-refractivity contribution in [2.45, 2.75) is 6.92 Å². The predicted octanol–water partition coefficient (Wildman–Crippen LogP) is 2.92. The molecule has 92 valence electrons. The highest BCUT2D eigenvalue weighted by Gasteiger charge is 2.05. The first kappa shape index (κ1) is 12.1. The minimum absolute atomic E-state index is 0.351. The maximum Gasteiger partial charge on any atom is 0.337 e. The van der Waals surface area contributed by atoms with Crippen molar-refractivity contribution in [3.8, 4) is 0 Å². The summed E-state index contributed by atoms with van der Waals surface area (Å²) in [5.41, 5.74) is 2.41. The van der Waals surface area contributed by atoms with Crippen LogP contribution in [-0.2, 0) is 4.74 Å². The van der Waals surface area contributed by atoms with Crippen molar-refractivity contribution in [1.29, 1.82) is 0 Å². The Hall–Kier alpha value is -2.36. The van der Waals surface area contributed by atoms with Crippen molar-refractivity contribution >= 4 is 17.5 Å². The molecule has 1 heterocycles. The summed E-state index contributed by atoms with van der Waals surface area (Å²) in [7, 11) is 1.37. The van der Waals surface area contributed by atoms with Gasteiger partial charge in [-0.3, -0.25) is 0 Å². The zero-order valence-corrected chi connectivity index (χ0v) is 10.3. The van der Waals surface area contributed by atoms with E-state index in [1.165, 1.54) is 7.11 Å². The van der Waals surface area contributed by atoms with Gasteiger partial charge in [-0.2, -0.15) is 0 Å². The molecule has 0 radical (unpaired) electrons. The SMILES string of the molecule is COC(=O)c1cccc(Nc2ccc(C)cn2)c1. The minimum atomic E-state index is -0.351. The van der Waals surface area contributed by atoms with Crippen molar-refractivity contribution in [1.82, 2.24) is 4.98 Å². The van der Waals surface area contributed by atoms with E-state index in [0.29, 0.717) is 5.56 Å². The second-order valence-corrected chi connectivity index (χ2v) is 3.92. The van der Waals surface area contributed by atoms with Gasteiger partial charge in [-0.05, 0) is 36.8 Å². The zero-order chi connectivity index (χ0) is 13.0. The van der Waals surface area contributed by atoms with Crippen LogP contribution >= 0.6 is 0 Å². The number of esters is 1. The molecule has 0 unspecified atom stereocenters. The molecule has 0 aliphatic carbocycles. The number of nitrogens with one attached hydrogen (secondary N) is 1. The highest BCUT2D eigenvalue weighted by Crippen LogP contribution is 2.16. The molecule has 0 bridgehead atoms. The third-order valence-electron chi connectivity index (χ3n) is 2.47. The lowest BCUT2D eigenvalue weighted by Crippen LogP contribution is -2.02. The van der Waals surface area contributed by atoms with Crippen LogP contribution in [0.2, 0.25) is 0 Å². The third kappa shape index (κ3) is 2.85. The van der Waals surface area contributed by atoms with Crippen molar-refractivity contribution in [3.05, 3.63) is 53.7 Å². The van der Waals surface area contributed by atoms with Crippen LogP contribution in [0.3, 0.4) is 0 Å². The van der Waals surface area contributed by atoms with E-state index in [2.05, 4.69) is 15.0 Å². The Morgan fingerprint density at radius 2 is 2.11 bits per heavy atom. The smallest absolute Gasteiger partial charge is 0.337 e. The largest absolute Gasteiger partial charge is 0.465 e. The van der Waals surface area contributed by atoms with Crippen LogP contribution in [0.1, 0.15) is 15.9 Å². The zero-order valence-electron chi connectivity index (χ0n) is 10.3. The summed E-state index contributed by atoms with van der Waals surface area (Å²) in [5, 5.41) is 3.13. The van der Waals surface area contributed by atoms with Gasteiger partial charge >= 0.3 is 5.97 Å². The highest BCUT2D eigenvalue weighted by molar-refractivity contribution is 5.90. The molecule has 0 spiro atoms. The van der Waals surface area contributed by atoms with Gasteiger partial charge in [-0.25, -0.2) is 9.78 Å². The van der Waals surface area contributed by atoms with Crippen LogP contribution in [0.15, 0.2) is 42.6 Å². The van der Waals surface area contributed by atoms with E-state index < -0.39 is 0 Å². The molecule has 2 aromatic rings. The number of nitrogens with zero attached hydrogens (tertiary/aromatic N) is 1. The fraction of sp³-hybridized carbons (Fsp3) is 0.143. The molecule has 0 atom stereocenters. The van der Waals surface area contributed by atoms with Crippen LogP contribution in [0.4, 0.5) is 11.5 Å². The number of benzene rings is 1. The third-order valence-corrected chi connectivity index (χ3v) is 2.47. The maximum atomic E-state index is 11.4. The van der Waals surface area contributed by atoms with E-state index in [1.807, 2.05) is 25.1 Å². The second kappa shape index (κ2) is 5.31. The first-order chi connectivity index (χ1) is 8.69. The van der Waals surface area contributed by atoms with E-state index in [0.717, 1.165) is 17.1 Å². The van der Waals surface area contributed by atoms with Gasteiger partial charge in [0.2, 0.25) is 0 Å². The molecule has 0 amide bonds. The molecule has 18 heavy (non-hydrogen) atoms. The van der Waals surface area contributed by atoms with Crippen molar-refractivity contribution in [3.63, 3.8) is 0 Å². The number of aromatic nitrogens is 1. The van der Waals surface area contributed by atoms with Gasteiger partial charge in [0.25, 0.3) is 0 Å². The Labute approximate surface area is 106 Å². The van der Waals surface area contributed by atoms with E-state index in [9.17, 15) is 4.79 Å². The average molecular weight is 242 g/mol. The molecule has 0 fully saturated rings. The number of pyridine rings is 1. The lowest BCUT2D eigenvalue weighted by Gasteiger charge is -2.07. The van der Waals surface area contributed by atoms with Crippen LogP contribution < -0.4 is 5.32 Å². The highest BCUT2D eigenvalue weighted by atomic mass is 16.5. The molecular weight excluding hydrogens is 228 g/mol. The van der Waals surface area contributed by atoms with Gasteiger partial charge in [0.05, 0.1) is 12.7 Å². The summed E-state index contributed by atoms with van der Waals surface area (Å²) in [6, 6.07) is 11.0. The molecule has 4 heteroatoms. The monoisotopic (exact) mass is 242 g/mol. The van der Waals surface area contributed by atoms with Gasteiger partial charge in [-0.15, -0.1) is 0 Å². The average Bonchev–Trinajstić information content (AvgIpc) is 2.41. The number of ether oxygens (including phenoxy) is 1. The summed E-state index contributed by atoms with van der Waals surface area (Å²) in [6.45, 7) is 1.98. The van der Waals surface area contributed by atoms with E-state index >= 15 is 0 Å². The second-order valence-electron chi connectivity index (χ2n) is 3.92. The number of methoxy groups -OCH3 is 1. The van der Waals surface area contributed by atoms with Gasteiger partial charge in [-0.1, -0.05) is 12.1 Å². The standard InChI is InChI=1S/C14H14N2O2/c1-10-6-7-13(15-9-10)16-12-5-3-4-11(8-12)14(17)18-2/h3-9H,1-2H3,(H,15,16). The first-order valence-electron chi connectivity index (χ1n) is 5.57. The Morgan fingerprint density at radius 3 is 2.78 bits per heavy atom. The molecule has 0 saturated heterocycles. The predicted molar refractivity (Wildman–Crippen MR) is 70.0 cm³/mol. The fourth-order valence-corrected chi connectivity index (χ4v) is 1.53. The number of carbonyl (C=O) groups is 1. The Balaban J connectivity index is 2.19. The molecule has 2 rings (SSSR count). The summed E-state index contributed by atoms with van der Waals surface area (Å²) in [5.74, 6) is 0.387. The van der Waals surface area contributed by atoms with Crippen LogP contribution in [0.5, 0.6) is 0 Å². The molecular formula is C14H14N2O2. The van der Waals surface area contributed by atoms with Gasteiger partial charge < -0.3 is 10.1 Å². The topological polar surface area (TPSA) is 51.2 Å². The van der Waals surface area contributed by atoms with Gasteiger partial charge in [0.1, 0.15) is 5.82 Å². The lowest BCUT2D eigenvalue weighted by molar-refractivity contribution is 0.0601. The molecule has 0 aliphatic heterocycles. The summed E-state index contributed by atoms with van der Waals surface area (Å²) >= 11 is 0. The minimum Gasteiger partial charge on any atom is -0.465 e. The van der Waals surface area contributed by atoms with Crippen molar-refractivity contribution < 1.29 is 9.53 Å². The van der Waals surface area contributed by atoms with E-state index in [-0.39, 0.29) is 5.97 Å². The maximum absolute atomic E-state index is 11.4. The molecule has 4 nitrogen and oxygen atoms in total. The Morgan fingerprint density at radius 1 is 1.28 bits per heavy atom. The van der Waals surface area contributed by atoms with E-state index in [1.54, 1.807) is 24.4 Å². The quantitative estimate of drug-likeness (QED) is 0.841. The number of aryl methyl sites for hydroxylation is 1. The molecule has 1 aromatic heterocycles. The van der Waals surface area contributed by atoms with Gasteiger partial charge in [0, 0.05) is 11.9 Å².